The maximum Gasteiger partial charge on any atom is 0.338 e. The summed E-state index contributed by atoms with van der Waals surface area (Å²) in [5.74, 6) is 0.287. The van der Waals surface area contributed by atoms with Crippen molar-refractivity contribution in [3.63, 3.8) is 0 Å². The number of nitrogens with zero attached hydrogens (tertiary/aromatic N) is 4. The van der Waals surface area contributed by atoms with E-state index in [0.29, 0.717) is 49.6 Å². The van der Waals surface area contributed by atoms with Crippen LogP contribution in [-0.4, -0.2) is 78.0 Å². The number of carbonyl (C=O) groups is 3. The highest BCUT2D eigenvalue weighted by Crippen LogP contribution is 2.45. The Balaban J connectivity index is 1.63. The molecule has 0 saturated carbocycles. The van der Waals surface area contributed by atoms with Crippen LogP contribution in [0.5, 0.6) is 5.75 Å². The zero-order chi connectivity index (χ0) is 25.1. The van der Waals surface area contributed by atoms with Crippen LogP contribution in [0, 0.1) is 0 Å². The fourth-order valence-electron chi connectivity index (χ4n) is 4.55. The lowest BCUT2D eigenvalue weighted by molar-refractivity contribution is -0.138. The van der Waals surface area contributed by atoms with Gasteiger partial charge in [0.25, 0.3) is 0 Å². The molecule has 0 N–H and O–H groups in total. The molecule has 0 spiro atoms. The number of esters is 1. The molecule has 3 heterocycles. The standard InChI is InChI=1S/C25H30N4O5S/c1-5-20-22(24(32)34-4)23(17-6-8-19(33-3)9-7-17)29-18(15-35-25(29)26-20)14-21(31)28-12-10-27(11-13-28)16(2)30/h6-9,15,23H,5,10-14H2,1-4H3/t23-/m0/s1. The molecule has 9 nitrogen and oxygen atoms in total. The number of carbonyl (C=O) groups excluding carboxylic acids is 3. The number of aliphatic imine (C=N–C) groups is 1. The van der Waals surface area contributed by atoms with Crippen molar-refractivity contribution in [1.82, 2.24) is 14.7 Å². The predicted molar refractivity (Wildman–Crippen MR) is 133 cm³/mol. The Morgan fingerprint density at radius 3 is 2.29 bits per heavy atom. The van der Waals surface area contributed by atoms with E-state index in [-0.39, 0.29) is 18.2 Å². The molecule has 0 unspecified atom stereocenters. The topological polar surface area (TPSA) is 91.8 Å². The molecule has 1 atom stereocenters. The van der Waals surface area contributed by atoms with Crippen LogP contribution in [0.4, 0.5) is 0 Å². The van der Waals surface area contributed by atoms with Gasteiger partial charge in [-0.15, -0.1) is 0 Å². The maximum atomic E-state index is 13.2. The Morgan fingerprint density at radius 2 is 1.71 bits per heavy atom. The number of piperazine rings is 1. The van der Waals surface area contributed by atoms with Crippen LogP contribution in [-0.2, 0) is 19.1 Å². The van der Waals surface area contributed by atoms with Crippen LogP contribution in [0.25, 0.3) is 0 Å². The third-order valence-corrected chi connectivity index (χ3v) is 7.36. The molecule has 0 bridgehead atoms. The predicted octanol–water partition coefficient (Wildman–Crippen LogP) is 2.91. The SMILES string of the molecule is CCC1=C(C(=O)OC)[C@H](c2ccc(OC)cc2)N2C(CC(=O)N3CCN(C(C)=O)CC3)=CSC2=N1. The van der Waals surface area contributed by atoms with E-state index in [4.69, 9.17) is 14.5 Å². The molecule has 3 aliphatic heterocycles. The van der Waals surface area contributed by atoms with Gasteiger partial charge in [-0.2, -0.15) is 0 Å². The summed E-state index contributed by atoms with van der Waals surface area (Å²) < 4.78 is 10.5. The van der Waals surface area contributed by atoms with E-state index >= 15 is 0 Å². The second-order valence-electron chi connectivity index (χ2n) is 8.44. The van der Waals surface area contributed by atoms with Gasteiger partial charge in [-0.3, -0.25) is 9.59 Å². The Labute approximate surface area is 209 Å². The third-order valence-electron chi connectivity index (χ3n) is 6.47. The van der Waals surface area contributed by atoms with Crippen LogP contribution < -0.4 is 4.74 Å². The smallest absolute Gasteiger partial charge is 0.338 e. The molecule has 1 aromatic carbocycles. The lowest BCUT2D eigenvalue weighted by atomic mass is 9.92. The third kappa shape index (κ3) is 4.93. The van der Waals surface area contributed by atoms with E-state index in [1.165, 1.54) is 18.9 Å². The summed E-state index contributed by atoms with van der Waals surface area (Å²) in [6, 6.07) is 7.08. The maximum absolute atomic E-state index is 13.2. The number of amides is 2. The molecular formula is C25H30N4O5S. The Bertz CT molecular complexity index is 1100. The first kappa shape index (κ1) is 24.8. The van der Waals surface area contributed by atoms with Crippen LogP contribution >= 0.6 is 11.8 Å². The number of benzene rings is 1. The van der Waals surface area contributed by atoms with Crippen LogP contribution in [0.1, 0.15) is 38.3 Å². The molecule has 0 aliphatic carbocycles. The summed E-state index contributed by atoms with van der Waals surface area (Å²) in [6.07, 6.45) is 0.748. The number of methoxy groups -OCH3 is 2. The summed E-state index contributed by atoms with van der Waals surface area (Å²) in [4.78, 5) is 48.1. The first-order valence-electron chi connectivity index (χ1n) is 11.6. The summed E-state index contributed by atoms with van der Waals surface area (Å²) >= 11 is 1.45. The van der Waals surface area contributed by atoms with Crippen molar-refractivity contribution in [3.05, 3.63) is 52.2 Å². The second kappa shape index (κ2) is 10.6. The molecule has 1 fully saturated rings. The summed E-state index contributed by atoms with van der Waals surface area (Å²) in [7, 11) is 2.97. The number of hydrogen-bond donors (Lipinski definition) is 0. The van der Waals surface area contributed by atoms with Gasteiger partial charge in [-0.05, 0) is 29.5 Å². The van der Waals surface area contributed by atoms with Gasteiger partial charge in [-0.1, -0.05) is 30.8 Å². The monoisotopic (exact) mass is 498 g/mol. The number of amidine groups is 1. The minimum absolute atomic E-state index is 0.0142. The molecule has 10 heteroatoms. The van der Waals surface area contributed by atoms with Crippen molar-refractivity contribution in [2.75, 3.05) is 40.4 Å². The van der Waals surface area contributed by atoms with Gasteiger partial charge in [0, 0.05) is 38.8 Å². The summed E-state index contributed by atoms with van der Waals surface area (Å²) in [5.41, 5.74) is 2.81. The van der Waals surface area contributed by atoms with Crippen molar-refractivity contribution < 1.29 is 23.9 Å². The van der Waals surface area contributed by atoms with E-state index in [9.17, 15) is 14.4 Å². The highest BCUT2D eigenvalue weighted by molar-refractivity contribution is 8.16. The average molecular weight is 499 g/mol. The first-order chi connectivity index (χ1) is 16.9. The molecule has 1 aromatic rings. The highest BCUT2D eigenvalue weighted by Gasteiger charge is 2.41. The van der Waals surface area contributed by atoms with Crippen molar-refractivity contribution in [1.29, 1.82) is 0 Å². The Morgan fingerprint density at radius 1 is 1.06 bits per heavy atom. The number of thioether (sulfide) groups is 1. The van der Waals surface area contributed by atoms with Gasteiger partial charge in [0.05, 0.1) is 38.0 Å². The largest absolute Gasteiger partial charge is 0.497 e. The zero-order valence-electron chi connectivity index (χ0n) is 20.4. The summed E-state index contributed by atoms with van der Waals surface area (Å²) in [5, 5.41) is 2.67. The highest BCUT2D eigenvalue weighted by atomic mass is 32.2. The van der Waals surface area contributed by atoms with Gasteiger partial charge in [0.15, 0.2) is 5.17 Å². The van der Waals surface area contributed by atoms with Crippen LogP contribution in [0.3, 0.4) is 0 Å². The first-order valence-corrected chi connectivity index (χ1v) is 12.5. The lowest BCUT2D eigenvalue weighted by Gasteiger charge is -2.38. The minimum atomic E-state index is -0.473. The molecule has 0 aromatic heterocycles. The molecule has 3 aliphatic rings. The van der Waals surface area contributed by atoms with Gasteiger partial charge in [0.2, 0.25) is 11.8 Å². The van der Waals surface area contributed by atoms with Crippen LogP contribution in [0.2, 0.25) is 0 Å². The molecule has 1 saturated heterocycles. The van der Waals surface area contributed by atoms with Crippen molar-refractivity contribution in [2.45, 2.75) is 32.7 Å². The van der Waals surface area contributed by atoms with Crippen molar-refractivity contribution in [2.24, 2.45) is 4.99 Å². The van der Waals surface area contributed by atoms with E-state index in [1.54, 1.807) is 23.8 Å². The van der Waals surface area contributed by atoms with Gasteiger partial charge in [0.1, 0.15) is 5.75 Å². The number of ether oxygens (including phenoxy) is 2. The van der Waals surface area contributed by atoms with E-state index < -0.39 is 12.0 Å². The van der Waals surface area contributed by atoms with Gasteiger partial charge in [-0.25, -0.2) is 9.79 Å². The molecular weight excluding hydrogens is 468 g/mol. The molecule has 0 radical (unpaired) electrons. The van der Waals surface area contributed by atoms with Gasteiger partial charge < -0.3 is 24.2 Å². The molecule has 2 amide bonds. The fourth-order valence-corrected chi connectivity index (χ4v) is 5.49. The lowest BCUT2D eigenvalue weighted by Crippen LogP contribution is -2.50. The van der Waals surface area contributed by atoms with E-state index in [0.717, 1.165) is 16.4 Å². The van der Waals surface area contributed by atoms with Crippen LogP contribution in [0.15, 0.2) is 51.6 Å². The zero-order valence-corrected chi connectivity index (χ0v) is 21.3. The normalized spacial score (nSPS) is 19.8. The molecule has 186 valence electrons. The number of hydrogen-bond acceptors (Lipinski definition) is 8. The average Bonchev–Trinajstić information content (AvgIpc) is 3.29. The Kier molecular flexibility index (Phi) is 7.49. The quantitative estimate of drug-likeness (QED) is 0.557. The molecule has 35 heavy (non-hydrogen) atoms. The number of allylic oxidation sites excluding steroid dienone is 1. The van der Waals surface area contributed by atoms with Gasteiger partial charge >= 0.3 is 5.97 Å². The minimum Gasteiger partial charge on any atom is -0.497 e. The number of rotatable bonds is 6. The van der Waals surface area contributed by atoms with E-state index in [2.05, 4.69) is 0 Å². The van der Waals surface area contributed by atoms with Crippen molar-refractivity contribution in [3.8, 4) is 5.75 Å². The Hall–Kier alpha value is -3.27. The van der Waals surface area contributed by atoms with Crippen molar-refractivity contribution >= 4 is 34.7 Å². The second-order valence-corrected chi connectivity index (χ2v) is 9.27. The fraction of sp³-hybridized carbons (Fsp3) is 0.440. The molecule has 4 rings (SSSR count). The number of fused-ring (bicyclic) bond motifs is 1. The van der Waals surface area contributed by atoms with E-state index in [1.807, 2.05) is 41.5 Å². The summed E-state index contributed by atoms with van der Waals surface area (Å²) in [6.45, 7) is 5.60.